The molecule has 1 aliphatic carbocycles. The van der Waals surface area contributed by atoms with E-state index in [2.05, 4.69) is 0 Å². The largest absolute Gasteiger partial charge is 0.508 e. The summed E-state index contributed by atoms with van der Waals surface area (Å²) < 4.78 is 0. The monoisotopic (exact) mass is 155 g/mol. The third-order valence-corrected chi connectivity index (χ3v) is 1.73. The number of nitrogens with two attached hydrogens (primary N) is 3. The molecule has 0 heterocycles. The van der Waals surface area contributed by atoms with Crippen molar-refractivity contribution in [2.45, 2.75) is 18.9 Å². The molecule has 4 nitrogen and oxygen atoms in total. The van der Waals surface area contributed by atoms with Gasteiger partial charge in [-0.3, -0.25) is 0 Å². The average molecular weight is 155 g/mol. The molecule has 0 aromatic carbocycles. The summed E-state index contributed by atoms with van der Waals surface area (Å²) in [7, 11) is 0. The molecule has 0 aromatic heterocycles. The minimum absolute atomic E-state index is 0.0201. The molecule has 11 heavy (non-hydrogen) atoms. The van der Waals surface area contributed by atoms with Crippen LogP contribution in [0.4, 0.5) is 0 Å². The van der Waals surface area contributed by atoms with Gasteiger partial charge in [-0.15, -0.1) is 0 Å². The standard InChI is InChI=1S/C7H13N3O/c1-7(10)3-4(8)2-5(9)6(7)11/h2,11H,3,8-10H2,1H3. The SMILES string of the molecule is CC1(N)CC(N)=CC(N)=C1O. The molecular formula is C7H13N3O. The van der Waals surface area contributed by atoms with E-state index in [1.807, 2.05) is 0 Å². The zero-order valence-electron chi connectivity index (χ0n) is 6.46. The predicted molar refractivity (Wildman–Crippen MR) is 43.3 cm³/mol. The van der Waals surface area contributed by atoms with Crippen molar-refractivity contribution in [1.29, 1.82) is 0 Å². The first-order valence-electron chi connectivity index (χ1n) is 3.37. The summed E-state index contributed by atoms with van der Waals surface area (Å²) >= 11 is 0. The molecule has 0 aromatic rings. The van der Waals surface area contributed by atoms with Crippen molar-refractivity contribution in [3.63, 3.8) is 0 Å². The molecule has 1 aliphatic rings. The molecule has 1 rings (SSSR count). The van der Waals surface area contributed by atoms with Gasteiger partial charge in [-0.1, -0.05) is 0 Å². The topological polar surface area (TPSA) is 98.3 Å². The highest BCUT2D eigenvalue weighted by Crippen LogP contribution is 2.24. The molecule has 0 fully saturated rings. The van der Waals surface area contributed by atoms with Gasteiger partial charge in [-0.25, -0.2) is 0 Å². The minimum Gasteiger partial charge on any atom is -0.508 e. The lowest BCUT2D eigenvalue weighted by Gasteiger charge is -2.28. The lowest BCUT2D eigenvalue weighted by atomic mass is 9.89. The fraction of sp³-hybridized carbons (Fsp3) is 0.429. The first-order valence-corrected chi connectivity index (χ1v) is 3.37. The molecule has 0 amide bonds. The number of hydrogen-bond donors (Lipinski definition) is 4. The molecule has 1 unspecified atom stereocenters. The van der Waals surface area contributed by atoms with Crippen LogP contribution in [0, 0.1) is 0 Å². The average Bonchev–Trinajstić information content (AvgIpc) is 1.81. The summed E-state index contributed by atoms with van der Waals surface area (Å²) in [4.78, 5) is 0. The maximum absolute atomic E-state index is 9.35. The molecule has 1 atom stereocenters. The first kappa shape index (κ1) is 7.94. The summed E-state index contributed by atoms with van der Waals surface area (Å²) in [5.41, 5.74) is 16.7. The van der Waals surface area contributed by atoms with Crippen LogP contribution >= 0.6 is 0 Å². The maximum Gasteiger partial charge on any atom is 0.135 e. The quantitative estimate of drug-likeness (QED) is 0.385. The van der Waals surface area contributed by atoms with Crippen LogP contribution in [0.2, 0.25) is 0 Å². The molecule has 0 spiro atoms. The first-order chi connectivity index (χ1) is 4.93. The number of aliphatic hydroxyl groups is 1. The highest BCUT2D eigenvalue weighted by Gasteiger charge is 2.29. The van der Waals surface area contributed by atoms with Gasteiger partial charge in [-0.05, 0) is 13.0 Å². The van der Waals surface area contributed by atoms with Crippen molar-refractivity contribution in [2.75, 3.05) is 0 Å². The van der Waals surface area contributed by atoms with Gasteiger partial charge < -0.3 is 22.3 Å². The van der Waals surface area contributed by atoms with E-state index in [1.165, 1.54) is 6.08 Å². The lowest BCUT2D eigenvalue weighted by molar-refractivity contribution is 0.296. The fourth-order valence-electron chi connectivity index (χ4n) is 1.16. The Morgan fingerprint density at radius 1 is 1.55 bits per heavy atom. The molecule has 0 aliphatic heterocycles. The van der Waals surface area contributed by atoms with Crippen molar-refractivity contribution in [3.05, 3.63) is 23.2 Å². The van der Waals surface area contributed by atoms with Crippen molar-refractivity contribution < 1.29 is 5.11 Å². The molecule has 0 saturated heterocycles. The van der Waals surface area contributed by atoms with E-state index in [-0.39, 0.29) is 11.5 Å². The molecule has 4 heteroatoms. The molecular weight excluding hydrogens is 142 g/mol. The second-order valence-electron chi connectivity index (χ2n) is 3.12. The number of rotatable bonds is 0. The van der Waals surface area contributed by atoms with Gasteiger partial charge in [0.2, 0.25) is 0 Å². The van der Waals surface area contributed by atoms with Crippen molar-refractivity contribution in [1.82, 2.24) is 0 Å². The van der Waals surface area contributed by atoms with Crippen LogP contribution in [0.1, 0.15) is 13.3 Å². The third kappa shape index (κ3) is 1.30. The van der Waals surface area contributed by atoms with Crippen LogP contribution in [0.15, 0.2) is 23.2 Å². The second kappa shape index (κ2) is 2.17. The molecule has 62 valence electrons. The zero-order valence-corrected chi connectivity index (χ0v) is 6.46. The molecule has 0 bridgehead atoms. The second-order valence-corrected chi connectivity index (χ2v) is 3.12. The van der Waals surface area contributed by atoms with Crippen LogP contribution in [-0.2, 0) is 0 Å². The van der Waals surface area contributed by atoms with E-state index < -0.39 is 5.54 Å². The Morgan fingerprint density at radius 3 is 2.55 bits per heavy atom. The molecule has 7 N–H and O–H groups in total. The molecule has 0 radical (unpaired) electrons. The number of aliphatic hydroxyl groups excluding tert-OH is 1. The van der Waals surface area contributed by atoms with Gasteiger partial charge in [0.05, 0.1) is 11.2 Å². The van der Waals surface area contributed by atoms with E-state index >= 15 is 0 Å². The highest BCUT2D eigenvalue weighted by molar-refractivity contribution is 5.34. The van der Waals surface area contributed by atoms with E-state index in [1.54, 1.807) is 6.92 Å². The van der Waals surface area contributed by atoms with Gasteiger partial charge in [0.25, 0.3) is 0 Å². The van der Waals surface area contributed by atoms with Crippen LogP contribution in [0.5, 0.6) is 0 Å². The molecule has 0 saturated carbocycles. The summed E-state index contributed by atoms with van der Waals surface area (Å²) in [5.74, 6) is 0.0201. The predicted octanol–water partition coefficient (Wildman–Crippen LogP) is -0.322. The number of hydrogen-bond acceptors (Lipinski definition) is 4. The van der Waals surface area contributed by atoms with Crippen molar-refractivity contribution in [3.8, 4) is 0 Å². The van der Waals surface area contributed by atoms with Gasteiger partial charge in [0.1, 0.15) is 5.76 Å². The Kier molecular flexibility index (Phi) is 1.56. The van der Waals surface area contributed by atoms with Crippen LogP contribution < -0.4 is 17.2 Å². The van der Waals surface area contributed by atoms with E-state index in [4.69, 9.17) is 17.2 Å². The minimum atomic E-state index is -0.803. The lowest BCUT2D eigenvalue weighted by Crippen LogP contribution is -2.43. The van der Waals surface area contributed by atoms with Gasteiger partial charge in [0, 0.05) is 12.1 Å². The smallest absolute Gasteiger partial charge is 0.135 e. The fourth-order valence-corrected chi connectivity index (χ4v) is 1.16. The Hall–Kier alpha value is -1.16. The normalized spacial score (nSPS) is 32.0. The third-order valence-electron chi connectivity index (χ3n) is 1.73. The Labute approximate surface area is 65.4 Å². The van der Waals surface area contributed by atoms with Crippen LogP contribution in [-0.4, -0.2) is 10.6 Å². The van der Waals surface area contributed by atoms with Crippen LogP contribution in [0.25, 0.3) is 0 Å². The van der Waals surface area contributed by atoms with Crippen molar-refractivity contribution >= 4 is 0 Å². The van der Waals surface area contributed by atoms with E-state index in [0.717, 1.165) is 0 Å². The van der Waals surface area contributed by atoms with E-state index in [0.29, 0.717) is 12.1 Å². The number of allylic oxidation sites excluding steroid dienone is 1. The van der Waals surface area contributed by atoms with Gasteiger partial charge >= 0.3 is 0 Å². The Morgan fingerprint density at radius 2 is 2.09 bits per heavy atom. The summed E-state index contributed by atoms with van der Waals surface area (Å²) in [5, 5.41) is 9.35. The Balaban J connectivity index is 3.07. The van der Waals surface area contributed by atoms with Crippen LogP contribution in [0.3, 0.4) is 0 Å². The van der Waals surface area contributed by atoms with E-state index in [9.17, 15) is 5.11 Å². The van der Waals surface area contributed by atoms with Gasteiger partial charge in [-0.2, -0.15) is 0 Å². The summed E-state index contributed by atoms with van der Waals surface area (Å²) in [6.45, 7) is 1.69. The van der Waals surface area contributed by atoms with Crippen molar-refractivity contribution in [2.24, 2.45) is 17.2 Å². The summed E-state index contributed by atoms with van der Waals surface area (Å²) in [6, 6.07) is 0. The van der Waals surface area contributed by atoms with Gasteiger partial charge in [0.15, 0.2) is 0 Å². The maximum atomic E-state index is 9.35. The Bertz CT molecular complexity index is 240. The summed E-state index contributed by atoms with van der Waals surface area (Å²) in [6.07, 6.45) is 1.98. The highest BCUT2D eigenvalue weighted by atomic mass is 16.3. The zero-order chi connectivity index (χ0) is 8.65.